The molecule has 0 saturated carbocycles. The molecule has 1 fully saturated rings. The monoisotopic (exact) mass is 392 g/mol. The molecule has 1 aliphatic heterocycles. The van der Waals surface area contributed by atoms with Crippen molar-refractivity contribution in [3.8, 4) is 0 Å². The van der Waals surface area contributed by atoms with Crippen molar-refractivity contribution < 1.29 is 4.79 Å². The van der Waals surface area contributed by atoms with Gasteiger partial charge in [0.1, 0.15) is 5.52 Å². The Morgan fingerprint density at radius 3 is 2.69 bits per heavy atom. The van der Waals surface area contributed by atoms with Crippen LogP contribution in [0.4, 0.5) is 0 Å². The maximum atomic E-state index is 12.5. The fraction of sp³-hybridized carbons (Fsp3) is 0.409. The molecule has 0 aliphatic carbocycles. The third kappa shape index (κ3) is 4.99. The summed E-state index contributed by atoms with van der Waals surface area (Å²) in [5, 5.41) is 3.01. The summed E-state index contributed by atoms with van der Waals surface area (Å²) >= 11 is 0. The van der Waals surface area contributed by atoms with Crippen LogP contribution in [0.15, 0.2) is 48.9 Å². The number of carbonyl (C=O) groups is 1. The lowest BCUT2D eigenvalue weighted by Crippen LogP contribution is -2.45. The van der Waals surface area contributed by atoms with Crippen LogP contribution in [0.25, 0.3) is 11.2 Å². The molecule has 1 aromatic carbocycles. The van der Waals surface area contributed by atoms with Gasteiger partial charge in [-0.3, -0.25) is 4.79 Å². The molecule has 4 rings (SSSR count). The summed E-state index contributed by atoms with van der Waals surface area (Å²) in [6, 6.07) is 12.0. The van der Waals surface area contributed by atoms with Crippen LogP contribution in [0.2, 0.25) is 0 Å². The quantitative estimate of drug-likeness (QED) is 0.622. The minimum atomic E-state index is -0.0876. The van der Waals surface area contributed by atoms with E-state index >= 15 is 0 Å². The first-order chi connectivity index (χ1) is 14.2. The molecule has 2 aromatic heterocycles. The first-order valence-corrected chi connectivity index (χ1v) is 10.2. The second-order valence-electron chi connectivity index (χ2n) is 7.68. The highest BCUT2D eigenvalue weighted by atomic mass is 16.1. The Labute approximate surface area is 171 Å². The van der Waals surface area contributed by atoms with Crippen molar-refractivity contribution >= 4 is 17.1 Å². The zero-order valence-corrected chi connectivity index (χ0v) is 16.9. The molecule has 3 heterocycles. The third-order valence-corrected chi connectivity index (χ3v) is 5.45. The zero-order chi connectivity index (χ0) is 20.1. The standard InChI is InChI=1S/C22H28N6O/c1-26-10-12-27(13-11-26)9-5-8-23-22(29)19-14-20-21(24-15-19)28(17-25-20)16-18-6-3-2-4-7-18/h2-4,6-7,14-15,17H,5,8-13,16H2,1H3,(H,23,29). The number of hydrogen-bond acceptors (Lipinski definition) is 5. The van der Waals surface area contributed by atoms with Gasteiger partial charge < -0.3 is 19.7 Å². The van der Waals surface area contributed by atoms with E-state index in [1.165, 1.54) is 5.56 Å². The maximum absolute atomic E-state index is 12.5. The van der Waals surface area contributed by atoms with Crippen LogP contribution in [0.1, 0.15) is 22.3 Å². The predicted octanol–water partition coefficient (Wildman–Crippen LogP) is 1.85. The Morgan fingerprint density at radius 2 is 1.90 bits per heavy atom. The first kappa shape index (κ1) is 19.5. The van der Waals surface area contributed by atoms with Gasteiger partial charge >= 0.3 is 0 Å². The molecule has 0 atom stereocenters. The number of rotatable bonds is 7. The van der Waals surface area contributed by atoms with Crippen molar-refractivity contribution in [2.75, 3.05) is 46.3 Å². The predicted molar refractivity (Wildman–Crippen MR) is 114 cm³/mol. The Morgan fingerprint density at radius 1 is 1.10 bits per heavy atom. The fourth-order valence-electron chi connectivity index (χ4n) is 3.65. The number of nitrogens with one attached hydrogen (secondary N) is 1. The van der Waals surface area contributed by atoms with Crippen molar-refractivity contribution in [2.45, 2.75) is 13.0 Å². The molecule has 29 heavy (non-hydrogen) atoms. The normalized spacial score (nSPS) is 15.6. The van der Waals surface area contributed by atoms with E-state index in [9.17, 15) is 4.79 Å². The lowest BCUT2D eigenvalue weighted by atomic mass is 10.2. The fourth-order valence-corrected chi connectivity index (χ4v) is 3.65. The van der Waals surface area contributed by atoms with E-state index in [2.05, 4.69) is 44.3 Å². The van der Waals surface area contributed by atoms with Gasteiger partial charge in [0.15, 0.2) is 5.65 Å². The van der Waals surface area contributed by atoms with Crippen molar-refractivity contribution in [2.24, 2.45) is 0 Å². The van der Waals surface area contributed by atoms with Crippen LogP contribution in [-0.2, 0) is 6.54 Å². The van der Waals surface area contributed by atoms with Gasteiger partial charge in [0.25, 0.3) is 5.91 Å². The number of imidazole rings is 1. The number of likely N-dealkylation sites (N-methyl/N-ethyl adjacent to an activating group) is 1. The number of piperazine rings is 1. The molecule has 152 valence electrons. The molecule has 1 amide bonds. The minimum Gasteiger partial charge on any atom is -0.352 e. The molecule has 1 saturated heterocycles. The molecular weight excluding hydrogens is 364 g/mol. The highest BCUT2D eigenvalue weighted by molar-refractivity contribution is 5.96. The maximum Gasteiger partial charge on any atom is 0.252 e. The van der Waals surface area contributed by atoms with Gasteiger partial charge in [-0.15, -0.1) is 0 Å². The van der Waals surface area contributed by atoms with Crippen molar-refractivity contribution in [3.63, 3.8) is 0 Å². The molecule has 0 spiro atoms. The molecule has 1 N–H and O–H groups in total. The molecule has 1 aliphatic rings. The zero-order valence-electron chi connectivity index (χ0n) is 16.9. The summed E-state index contributed by atoms with van der Waals surface area (Å²) in [5.41, 5.74) is 3.28. The van der Waals surface area contributed by atoms with Gasteiger partial charge in [-0.05, 0) is 31.6 Å². The van der Waals surface area contributed by atoms with Crippen molar-refractivity contribution in [3.05, 3.63) is 60.0 Å². The summed E-state index contributed by atoms with van der Waals surface area (Å²) in [4.78, 5) is 26.2. The number of carbonyl (C=O) groups excluding carboxylic acids is 1. The molecule has 3 aromatic rings. The number of fused-ring (bicyclic) bond motifs is 1. The molecule has 7 nitrogen and oxygen atoms in total. The Bertz CT molecular complexity index is 946. The van der Waals surface area contributed by atoms with E-state index < -0.39 is 0 Å². The molecule has 0 bridgehead atoms. The number of pyridine rings is 1. The number of hydrogen-bond donors (Lipinski definition) is 1. The van der Waals surface area contributed by atoms with Gasteiger partial charge in [-0.25, -0.2) is 9.97 Å². The topological polar surface area (TPSA) is 66.3 Å². The SMILES string of the molecule is CN1CCN(CCCNC(=O)c2cnc3c(c2)ncn3Cc2ccccc2)CC1. The van der Waals surface area contributed by atoms with Gasteiger partial charge in [-0.1, -0.05) is 30.3 Å². The van der Waals surface area contributed by atoms with Gasteiger partial charge in [-0.2, -0.15) is 0 Å². The Kier molecular flexibility index (Phi) is 6.17. The van der Waals surface area contributed by atoms with Crippen molar-refractivity contribution in [1.29, 1.82) is 0 Å². The number of amides is 1. The van der Waals surface area contributed by atoms with Crippen LogP contribution >= 0.6 is 0 Å². The average molecular weight is 393 g/mol. The number of aromatic nitrogens is 3. The third-order valence-electron chi connectivity index (χ3n) is 5.45. The highest BCUT2D eigenvalue weighted by Gasteiger charge is 2.14. The van der Waals surface area contributed by atoms with Crippen LogP contribution in [0.5, 0.6) is 0 Å². The summed E-state index contributed by atoms with van der Waals surface area (Å²) in [7, 11) is 2.16. The summed E-state index contributed by atoms with van der Waals surface area (Å²) < 4.78 is 2.00. The highest BCUT2D eigenvalue weighted by Crippen LogP contribution is 2.14. The molecule has 0 unspecified atom stereocenters. The second kappa shape index (κ2) is 9.15. The van der Waals surface area contributed by atoms with E-state index in [1.54, 1.807) is 12.5 Å². The Balaban J connectivity index is 1.30. The van der Waals surface area contributed by atoms with Crippen molar-refractivity contribution in [1.82, 2.24) is 29.7 Å². The number of nitrogens with zero attached hydrogens (tertiary/aromatic N) is 5. The van der Waals surface area contributed by atoms with Gasteiger partial charge in [0.05, 0.1) is 18.4 Å². The van der Waals surface area contributed by atoms with E-state index in [-0.39, 0.29) is 5.91 Å². The number of benzene rings is 1. The average Bonchev–Trinajstić information content (AvgIpc) is 3.15. The molecule has 0 radical (unpaired) electrons. The largest absolute Gasteiger partial charge is 0.352 e. The van der Waals surface area contributed by atoms with Gasteiger partial charge in [0, 0.05) is 38.9 Å². The van der Waals surface area contributed by atoms with Crippen LogP contribution in [-0.4, -0.2) is 76.6 Å². The Hall–Kier alpha value is -2.77. The molecule has 7 heteroatoms. The van der Waals surface area contributed by atoms with E-state index in [4.69, 9.17) is 0 Å². The lowest BCUT2D eigenvalue weighted by molar-refractivity contribution is 0.0949. The van der Waals surface area contributed by atoms with E-state index in [0.717, 1.165) is 50.3 Å². The van der Waals surface area contributed by atoms with Crippen LogP contribution < -0.4 is 5.32 Å². The smallest absolute Gasteiger partial charge is 0.252 e. The molecular formula is C22H28N6O. The van der Waals surface area contributed by atoms with E-state index in [0.29, 0.717) is 18.7 Å². The second-order valence-corrected chi connectivity index (χ2v) is 7.68. The first-order valence-electron chi connectivity index (χ1n) is 10.2. The van der Waals surface area contributed by atoms with Crippen LogP contribution in [0.3, 0.4) is 0 Å². The summed E-state index contributed by atoms with van der Waals surface area (Å²) in [5.74, 6) is -0.0876. The minimum absolute atomic E-state index is 0.0876. The van der Waals surface area contributed by atoms with Gasteiger partial charge in [0.2, 0.25) is 0 Å². The van der Waals surface area contributed by atoms with Crippen LogP contribution in [0, 0.1) is 0 Å². The lowest BCUT2D eigenvalue weighted by Gasteiger charge is -2.32. The van der Waals surface area contributed by atoms with E-state index in [1.807, 2.05) is 28.8 Å². The summed E-state index contributed by atoms with van der Waals surface area (Å²) in [6.45, 7) is 6.86. The summed E-state index contributed by atoms with van der Waals surface area (Å²) in [6.07, 6.45) is 4.38.